The molecule has 2 aromatic rings. The van der Waals surface area contributed by atoms with Crippen molar-refractivity contribution in [2.24, 2.45) is 0 Å². The zero-order valence-electron chi connectivity index (χ0n) is 13.4. The summed E-state index contributed by atoms with van der Waals surface area (Å²) in [6.07, 6.45) is 4.64. The molecule has 1 aromatic carbocycles. The highest BCUT2D eigenvalue weighted by Crippen LogP contribution is 2.13. The molecule has 0 saturated carbocycles. The molecule has 0 unspecified atom stereocenters. The Bertz CT molecular complexity index is 803. The van der Waals surface area contributed by atoms with E-state index in [2.05, 4.69) is 10.3 Å². The molecule has 1 aromatic heterocycles. The van der Waals surface area contributed by atoms with Gasteiger partial charge in [0.15, 0.2) is 0 Å². The minimum atomic E-state index is -0.520. The smallest absolute Gasteiger partial charge is 0.266 e. The first-order valence-electron chi connectivity index (χ1n) is 7.16. The maximum atomic E-state index is 12.2. The summed E-state index contributed by atoms with van der Waals surface area (Å²) in [6, 6.07) is 11.8. The number of pyridine rings is 1. The number of hydrogen-bond donors (Lipinski definition) is 1. The van der Waals surface area contributed by atoms with Crippen LogP contribution >= 0.6 is 0 Å². The Morgan fingerprint density at radius 1 is 1.21 bits per heavy atom. The molecule has 0 aliphatic heterocycles. The summed E-state index contributed by atoms with van der Waals surface area (Å²) in [5.41, 5.74) is 1.65. The number of nitrogens with zero attached hydrogens (tertiary/aromatic N) is 3. The molecule has 120 valence electrons. The highest BCUT2D eigenvalue weighted by molar-refractivity contribution is 6.09. The van der Waals surface area contributed by atoms with E-state index in [4.69, 9.17) is 5.26 Å². The zero-order chi connectivity index (χ0) is 17.5. The summed E-state index contributed by atoms with van der Waals surface area (Å²) in [4.78, 5) is 29.4. The number of aromatic nitrogens is 1. The molecular weight excluding hydrogens is 304 g/mol. The van der Waals surface area contributed by atoms with Gasteiger partial charge in [0.25, 0.3) is 11.8 Å². The van der Waals surface area contributed by atoms with Crippen LogP contribution in [0.3, 0.4) is 0 Å². The molecule has 1 N–H and O–H groups in total. The van der Waals surface area contributed by atoms with Crippen LogP contribution in [0.1, 0.15) is 15.9 Å². The molecule has 6 heteroatoms. The van der Waals surface area contributed by atoms with E-state index in [0.29, 0.717) is 16.8 Å². The van der Waals surface area contributed by atoms with Crippen molar-refractivity contribution in [2.75, 3.05) is 19.4 Å². The molecular formula is C18H16N4O2. The first-order valence-corrected chi connectivity index (χ1v) is 7.16. The molecule has 24 heavy (non-hydrogen) atoms. The van der Waals surface area contributed by atoms with Gasteiger partial charge in [-0.25, -0.2) is 0 Å². The Hall–Kier alpha value is -3.46. The molecule has 2 amide bonds. The minimum Gasteiger partial charge on any atom is -0.345 e. The Morgan fingerprint density at radius 2 is 1.92 bits per heavy atom. The molecule has 0 saturated heterocycles. The second-order valence-electron chi connectivity index (χ2n) is 5.19. The third kappa shape index (κ3) is 4.27. The first kappa shape index (κ1) is 16.9. The van der Waals surface area contributed by atoms with Gasteiger partial charge in [0.2, 0.25) is 0 Å². The molecule has 0 aliphatic carbocycles. The van der Waals surface area contributed by atoms with Gasteiger partial charge in [-0.05, 0) is 42.0 Å². The number of carbonyl (C=O) groups is 2. The molecule has 6 nitrogen and oxygen atoms in total. The second-order valence-corrected chi connectivity index (χ2v) is 5.19. The lowest BCUT2D eigenvalue weighted by atomic mass is 10.1. The third-order valence-electron chi connectivity index (χ3n) is 3.16. The van der Waals surface area contributed by atoms with Crippen LogP contribution in [0.15, 0.2) is 54.4 Å². The van der Waals surface area contributed by atoms with E-state index < -0.39 is 5.91 Å². The van der Waals surface area contributed by atoms with Crippen LogP contribution < -0.4 is 5.32 Å². The summed E-state index contributed by atoms with van der Waals surface area (Å²) in [5, 5.41) is 11.8. The Balaban J connectivity index is 2.12. The number of benzene rings is 1. The Morgan fingerprint density at radius 3 is 2.46 bits per heavy atom. The standard InChI is InChI=1S/C18H16N4O2/c1-22(2)18(24)14-5-7-16(8-6-14)21-17(23)15(11-19)10-13-4-3-9-20-12-13/h3-10,12H,1-2H3,(H,21,23)/b15-10+. The number of hydrogen-bond acceptors (Lipinski definition) is 4. The lowest BCUT2D eigenvalue weighted by Crippen LogP contribution is -2.21. The van der Waals surface area contributed by atoms with Gasteiger partial charge in [-0.1, -0.05) is 6.07 Å². The number of nitrogens with one attached hydrogen (secondary N) is 1. The number of carbonyl (C=O) groups excluding carboxylic acids is 2. The van der Waals surface area contributed by atoms with E-state index >= 15 is 0 Å². The predicted octanol–water partition coefficient (Wildman–Crippen LogP) is 2.33. The normalized spacial score (nSPS) is 10.6. The first-order chi connectivity index (χ1) is 11.5. The number of rotatable bonds is 4. The molecule has 0 spiro atoms. The fourth-order valence-electron chi connectivity index (χ4n) is 1.93. The summed E-state index contributed by atoms with van der Waals surface area (Å²) in [7, 11) is 3.33. The van der Waals surface area contributed by atoms with Gasteiger partial charge in [-0.3, -0.25) is 14.6 Å². The van der Waals surface area contributed by atoms with Crippen molar-refractivity contribution in [1.82, 2.24) is 9.88 Å². The number of amides is 2. The maximum Gasteiger partial charge on any atom is 0.266 e. The molecule has 0 atom stereocenters. The van der Waals surface area contributed by atoms with Crippen molar-refractivity contribution in [2.45, 2.75) is 0 Å². The summed E-state index contributed by atoms with van der Waals surface area (Å²) in [6.45, 7) is 0. The maximum absolute atomic E-state index is 12.2. The minimum absolute atomic E-state index is 0.0311. The quantitative estimate of drug-likeness (QED) is 0.692. The van der Waals surface area contributed by atoms with E-state index in [-0.39, 0.29) is 11.5 Å². The van der Waals surface area contributed by atoms with Crippen molar-refractivity contribution in [3.8, 4) is 6.07 Å². The Kier molecular flexibility index (Phi) is 5.42. The van der Waals surface area contributed by atoms with E-state index in [1.54, 1.807) is 62.9 Å². The van der Waals surface area contributed by atoms with Crippen LogP contribution in [0.25, 0.3) is 6.08 Å². The summed E-state index contributed by atoms with van der Waals surface area (Å²) in [5.74, 6) is -0.643. The summed E-state index contributed by atoms with van der Waals surface area (Å²) < 4.78 is 0. The van der Waals surface area contributed by atoms with E-state index in [1.165, 1.54) is 11.0 Å². The van der Waals surface area contributed by atoms with E-state index in [0.717, 1.165) is 0 Å². The van der Waals surface area contributed by atoms with Gasteiger partial charge >= 0.3 is 0 Å². The fourth-order valence-corrected chi connectivity index (χ4v) is 1.93. The van der Waals surface area contributed by atoms with Crippen molar-refractivity contribution < 1.29 is 9.59 Å². The molecule has 0 fully saturated rings. The lowest BCUT2D eigenvalue weighted by molar-refractivity contribution is -0.112. The van der Waals surface area contributed by atoms with Crippen molar-refractivity contribution in [3.05, 3.63) is 65.5 Å². The van der Waals surface area contributed by atoms with Crippen molar-refractivity contribution in [1.29, 1.82) is 5.26 Å². The van der Waals surface area contributed by atoms with Crippen molar-refractivity contribution >= 4 is 23.6 Å². The average Bonchev–Trinajstić information content (AvgIpc) is 2.60. The lowest BCUT2D eigenvalue weighted by Gasteiger charge is -2.10. The van der Waals surface area contributed by atoms with E-state index in [1.807, 2.05) is 6.07 Å². The Labute approximate surface area is 140 Å². The summed E-state index contributed by atoms with van der Waals surface area (Å²) >= 11 is 0. The topological polar surface area (TPSA) is 86.1 Å². The van der Waals surface area contributed by atoms with Gasteiger partial charge in [0.05, 0.1) is 0 Å². The fraction of sp³-hybridized carbons (Fsp3) is 0.111. The molecule has 0 bridgehead atoms. The number of nitriles is 1. The SMILES string of the molecule is CN(C)C(=O)c1ccc(NC(=O)/C(C#N)=C/c2cccnc2)cc1. The molecule has 1 heterocycles. The van der Waals surface area contributed by atoms with Gasteiger partial charge in [0, 0.05) is 37.7 Å². The predicted molar refractivity (Wildman–Crippen MR) is 90.9 cm³/mol. The molecule has 0 aliphatic rings. The van der Waals surface area contributed by atoms with Crippen LogP contribution in [0, 0.1) is 11.3 Å². The highest BCUT2D eigenvalue weighted by Gasteiger charge is 2.11. The van der Waals surface area contributed by atoms with Crippen LogP contribution in [0.2, 0.25) is 0 Å². The van der Waals surface area contributed by atoms with Gasteiger partial charge < -0.3 is 10.2 Å². The highest BCUT2D eigenvalue weighted by atomic mass is 16.2. The van der Waals surface area contributed by atoms with Gasteiger partial charge in [0.1, 0.15) is 11.6 Å². The largest absolute Gasteiger partial charge is 0.345 e. The average molecular weight is 320 g/mol. The van der Waals surface area contributed by atoms with Gasteiger partial charge in [-0.15, -0.1) is 0 Å². The molecule has 2 rings (SSSR count). The second kappa shape index (κ2) is 7.70. The third-order valence-corrected chi connectivity index (χ3v) is 3.16. The van der Waals surface area contributed by atoms with Crippen LogP contribution in [0.4, 0.5) is 5.69 Å². The van der Waals surface area contributed by atoms with Crippen molar-refractivity contribution in [3.63, 3.8) is 0 Å². The number of anilines is 1. The van der Waals surface area contributed by atoms with Crippen LogP contribution in [-0.2, 0) is 4.79 Å². The molecule has 0 radical (unpaired) electrons. The van der Waals surface area contributed by atoms with Crippen LogP contribution in [-0.4, -0.2) is 35.8 Å². The monoisotopic (exact) mass is 320 g/mol. The zero-order valence-corrected chi connectivity index (χ0v) is 13.4. The van der Waals surface area contributed by atoms with Crippen LogP contribution in [0.5, 0.6) is 0 Å². The van der Waals surface area contributed by atoms with Gasteiger partial charge in [-0.2, -0.15) is 5.26 Å². The van der Waals surface area contributed by atoms with E-state index in [9.17, 15) is 9.59 Å².